The van der Waals surface area contributed by atoms with Crippen LogP contribution in [0.2, 0.25) is 0 Å². The number of rotatable bonds is 9. The number of sulfonamides is 1. The maximum absolute atomic E-state index is 14.4. The number of ketones is 1. The Morgan fingerprint density at radius 1 is 1.13 bits per heavy atom. The average Bonchev–Trinajstić information content (AvgIpc) is 3.53. The van der Waals surface area contributed by atoms with Crippen molar-refractivity contribution >= 4 is 37.2 Å². The second kappa shape index (κ2) is 13.8. The van der Waals surface area contributed by atoms with E-state index in [1.165, 1.54) is 27.5 Å². The van der Waals surface area contributed by atoms with Crippen LogP contribution < -0.4 is 0 Å². The van der Waals surface area contributed by atoms with Gasteiger partial charge in [-0.25, -0.2) is 8.42 Å². The van der Waals surface area contributed by atoms with Crippen molar-refractivity contribution in [3.63, 3.8) is 0 Å². The fourth-order valence-electron chi connectivity index (χ4n) is 7.46. The monoisotopic (exact) mass is 653 g/mol. The number of aliphatic hydroxyl groups is 2. The summed E-state index contributed by atoms with van der Waals surface area (Å²) in [5.41, 5.74) is 1.58. The summed E-state index contributed by atoms with van der Waals surface area (Å²) in [5, 5.41) is 24.5. The molecule has 2 aromatic carbocycles. The number of ether oxygens (including phenoxy) is 1. The van der Waals surface area contributed by atoms with E-state index in [4.69, 9.17) is 4.74 Å². The average molecular weight is 654 g/mol. The first-order chi connectivity index (χ1) is 21.3. The highest BCUT2D eigenvalue weighted by Gasteiger charge is 2.57. The van der Waals surface area contributed by atoms with Gasteiger partial charge in [-0.15, -0.1) is 11.3 Å². The molecule has 0 aliphatic heterocycles. The number of benzene rings is 2. The Morgan fingerprint density at radius 2 is 1.91 bits per heavy atom. The van der Waals surface area contributed by atoms with Gasteiger partial charge in [0.15, 0.2) is 0 Å². The molecule has 3 aromatic rings. The molecule has 2 bridgehead atoms. The third-order valence-corrected chi connectivity index (χ3v) is 12.6. The van der Waals surface area contributed by atoms with Crippen molar-refractivity contribution in [2.75, 3.05) is 33.1 Å². The largest absolute Gasteiger partial charge is 0.393 e. The van der Waals surface area contributed by atoms with E-state index in [1.807, 2.05) is 48.5 Å². The number of hydrogen-bond acceptors (Lipinski definition) is 7. The quantitative estimate of drug-likeness (QED) is 0.156. The summed E-state index contributed by atoms with van der Waals surface area (Å²) in [6.07, 6.45) is 7.63. The van der Waals surface area contributed by atoms with Gasteiger partial charge in [0.1, 0.15) is 0 Å². The van der Waals surface area contributed by atoms with Gasteiger partial charge in [-0.2, -0.15) is 4.31 Å². The number of hydrogen-bond donors (Lipinski definition) is 2. The van der Waals surface area contributed by atoms with E-state index < -0.39 is 27.1 Å². The fourth-order valence-corrected chi connectivity index (χ4v) is 9.39. The van der Waals surface area contributed by atoms with Gasteiger partial charge in [-0.1, -0.05) is 48.9 Å². The first-order valence-electron chi connectivity index (χ1n) is 16.0. The summed E-state index contributed by atoms with van der Waals surface area (Å²) in [6, 6.07) is 15.9. The van der Waals surface area contributed by atoms with Crippen molar-refractivity contribution in [3.05, 3.63) is 81.7 Å². The van der Waals surface area contributed by atoms with Gasteiger partial charge in [0.25, 0.3) is 0 Å². The smallest absolute Gasteiger partial charge is 0.211 e. The third-order valence-electron chi connectivity index (χ3n) is 10.2. The van der Waals surface area contributed by atoms with Crippen molar-refractivity contribution in [2.24, 2.45) is 5.41 Å². The minimum Gasteiger partial charge on any atom is -0.393 e. The molecule has 7 nitrogen and oxygen atoms in total. The van der Waals surface area contributed by atoms with Crippen molar-refractivity contribution in [3.8, 4) is 0 Å². The maximum Gasteiger partial charge on any atom is 0.211 e. The summed E-state index contributed by atoms with van der Waals surface area (Å²) in [7, 11) is -2.00. The number of allylic oxidation sites excluding steroid dienone is 2. The predicted octanol–water partition coefficient (Wildman–Crippen LogP) is 6.47. The molecule has 6 rings (SSSR count). The molecule has 1 saturated carbocycles. The zero-order valence-corrected chi connectivity index (χ0v) is 28.6. The summed E-state index contributed by atoms with van der Waals surface area (Å²) >= 11 is 1.48. The van der Waals surface area contributed by atoms with E-state index in [9.17, 15) is 23.4 Å². The fraction of sp³-hybridized carbons (Fsp3) is 0.528. The van der Waals surface area contributed by atoms with Crippen LogP contribution in [-0.2, 0) is 21.2 Å². The number of fused-ring (bicyclic) bond motifs is 9. The van der Waals surface area contributed by atoms with Crippen LogP contribution in [-0.4, -0.2) is 73.5 Å². The molecule has 3 aliphatic rings. The first kappa shape index (κ1) is 33.9. The highest BCUT2D eigenvalue weighted by molar-refractivity contribution is 7.88. The maximum atomic E-state index is 14.4. The minimum atomic E-state index is -3.59. The van der Waals surface area contributed by atoms with Crippen LogP contribution in [0.5, 0.6) is 0 Å². The van der Waals surface area contributed by atoms with Crippen LogP contribution in [0, 0.1) is 5.41 Å². The summed E-state index contributed by atoms with van der Waals surface area (Å²) in [6.45, 7) is 4.85. The van der Waals surface area contributed by atoms with Gasteiger partial charge in [0.2, 0.25) is 15.8 Å². The lowest BCUT2D eigenvalue weighted by Crippen LogP contribution is -2.53. The molecule has 0 saturated heterocycles. The molecule has 244 valence electrons. The SMILES string of the molecule is COCCCN(CC1(O)CCC2c3ccc(cc3C(=O)c3cc4ccccc4s3)CC(O)CCC(C)=CCCC21C)S(C)(=O)=O. The van der Waals surface area contributed by atoms with Gasteiger partial charge in [0, 0.05) is 42.5 Å². The van der Waals surface area contributed by atoms with Crippen LogP contribution in [0.15, 0.2) is 60.2 Å². The Balaban J connectivity index is 1.61. The molecule has 0 amide bonds. The highest BCUT2D eigenvalue weighted by atomic mass is 32.2. The van der Waals surface area contributed by atoms with Crippen LogP contribution in [0.4, 0.5) is 0 Å². The number of carbonyl (C=O) groups excluding carboxylic acids is 1. The number of aliphatic hydroxyl groups excluding tert-OH is 1. The Morgan fingerprint density at radius 3 is 2.64 bits per heavy atom. The Bertz CT molecular complexity index is 1630. The minimum absolute atomic E-state index is 0.00485. The van der Waals surface area contributed by atoms with Crippen LogP contribution >= 0.6 is 11.3 Å². The second-order valence-electron chi connectivity index (χ2n) is 13.4. The molecule has 4 unspecified atom stereocenters. The van der Waals surface area contributed by atoms with E-state index in [-0.39, 0.29) is 24.8 Å². The number of thiophene rings is 1. The molecule has 3 aliphatic carbocycles. The van der Waals surface area contributed by atoms with Crippen molar-refractivity contribution in [1.82, 2.24) is 4.31 Å². The molecule has 0 spiro atoms. The predicted molar refractivity (Wildman–Crippen MR) is 182 cm³/mol. The lowest BCUT2D eigenvalue weighted by Gasteiger charge is -2.45. The first-order valence-corrected chi connectivity index (χ1v) is 18.7. The van der Waals surface area contributed by atoms with Crippen LogP contribution in [0.3, 0.4) is 0 Å². The Kier molecular flexibility index (Phi) is 10.4. The van der Waals surface area contributed by atoms with Crippen LogP contribution in [0.1, 0.15) is 91.1 Å². The highest BCUT2D eigenvalue weighted by Crippen LogP contribution is 2.59. The zero-order valence-electron chi connectivity index (χ0n) is 26.9. The van der Waals surface area contributed by atoms with Gasteiger partial charge < -0.3 is 14.9 Å². The number of nitrogens with zero attached hydrogens (tertiary/aromatic N) is 1. The summed E-state index contributed by atoms with van der Waals surface area (Å²) in [4.78, 5) is 15.0. The second-order valence-corrected chi connectivity index (χ2v) is 16.4. The van der Waals surface area contributed by atoms with Crippen molar-refractivity contribution in [1.29, 1.82) is 0 Å². The standard InChI is InChI=1S/C36H47NO6S2/c1-25-9-7-17-35(2)31(16-18-36(35,40)24-37(45(4,41)42)19-8-20-43-3)29-15-13-26(21-28(38)14-12-25)22-30(29)34(39)33-23-27-10-5-6-11-32(27)44-33/h5-6,9-11,13,15,22-23,28,31,38,40H,7-8,12,14,16-21,24H2,1-4H3. The lowest BCUT2D eigenvalue weighted by molar-refractivity contribution is -0.0726. The van der Waals surface area contributed by atoms with E-state index in [0.717, 1.165) is 27.6 Å². The summed E-state index contributed by atoms with van der Waals surface area (Å²) in [5.74, 6) is -0.229. The van der Waals surface area contributed by atoms with Crippen LogP contribution in [0.25, 0.3) is 10.1 Å². The van der Waals surface area contributed by atoms with Gasteiger partial charge in [-0.3, -0.25) is 4.79 Å². The van der Waals surface area contributed by atoms with Crippen molar-refractivity contribution < 1.29 is 28.2 Å². The molecule has 0 radical (unpaired) electrons. The normalized spacial score (nSPS) is 26.2. The lowest BCUT2D eigenvalue weighted by atomic mass is 9.65. The molecular formula is C36H47NO6S2. The Labute approximate surface area is 272 Å². The van der Waals surface area contributed by atoms with E-state index in [2.05, 4.69) is 19.9 Å². The topological polar surface area (TPSA) is 104 Å². The van der Waals surface area contributed by atoms with Crippen molar-refractivity contribution in [2.45, 2.75) is 82.8 Å². The molecule has 2 N–H and O–H groups in total. The number of carbonyl (C=O) groups is 1. The summed E-state index contributed by atoms with van der Waals surface area (Å²) < 4.78 is 33.5. The number of methoxy groups -OCH3 is 1. The van der Waals surface area contributed by atoms with E-state index in [1.54, 1.807) is 7.11 Å². The molecule has 1 heterocycles. The molecule has 45 heavy (non-hydrogen) atoms. The molecule has 1 aromatic heterocycles. The van der Waals surface area contributed by atoms with E-state index >= 15 is 0 Å². The van der Waals surface area contributed by atoms with E-state index in [0.29, 0.717) is 62.0 Å². The Hall–Kier alpha value is -2.40. The molecule has 1 fully saturated rings. The zero-order chi connectivity index (χ0) is 32.4. The van der Waals surface area contributed by atoms with Gasteiger partial charge in [0.05, 0.1) is 22.8 Å². The third kappa shape index (κ3) is 7.29. The van der Waals surface area contributed by atoms with Gasteiger partial charge >= 0.3 is 0 Å². The molecule has 9 heteroatoms. The molecular weight excluding hydrogens is 607 g/mol. The molecule has 4 atom stereocenters. The van der Waals surface area contributed by atoms with Gasteiger partial charge in [-0.05, 0) is 98.9 Å².